The highest BCUT2D eigenvalue weighted by Crippen LogP contribution is 2.34. The summed E-state index contributed by atoms with van der Waals surface area (Å²) in [5, 5.41) is 7.02. The van der Waals surface area contributed by atoms with E-state index in [2.05, 4.69) is 53.0 Å². The van der Waals surface area contributed by atoms with Crippen LogP contribution in [0.4, 0.5) is 10.2 Å². The van der Waals surface area contributed by atoms with Gasteiger partial charge in [0.15, 0.2) is 11.6 Å². The molecule has 0 spiro atoms. The second-order valence-corrected chi connectivity index (χ2v) is 12.3. The average Bonchev–Trinajstić information content (AvgIpc) is 3.67. The molecule has 1 heterocycles. The largest absolute Gasteiger partial charge is 0.383 e. The van der Waals surface area contributed by atoms with Gasteiger partial charge in [0.05, 0.1) is 0 Å². The van der Waals surface area contributed by atoms with Crippen LogP contribution in [0.1, 0.15) is 74.8 Å². The molecule has 4 atom stereocenters. The number of aromatic nitrogens is 2. The standard InChI is InChI=1S/C38H45FN4O2/c1-5-29(27(4)35(44)23-28-12-8-15-31(22-28)37(45)32-16-9-17-33(39)24-32)20-19-25(2)11-6-7-13-30-14-10-18-34(30)38(40)41-36-21-26(3)42-43-36/h5-7,9-10,14,16-21,24,27-28,30-31H,1,8,11-13,15,22-23H2,2-4H3,(H3,40,41,42,43). The number of aryl methyl sites for hydroxylation is 1. The number of rotatable bonds is 14. The van der Waals surface area contributed by atoms with Crippen molar-refractivity contribution in [3.63, 3.8) is 0 Å². The van der Waals surface area contributed by atoms with Crippen LogP contribution in [0.25, 0.3) is 0 Å². The molecular weight excluding hydrogens is 563 g/mol. The summed E-state index contributed by atoms with van der Waals surface area (Å²) in [6, 6.07) is 7.76. The zero-order valence-electron chi connectivity index (χ0n) is 26.6. The number of aliphatic imine (C=N–C) groups is 1. The number of carbonyl (C=O) groups is 2. The highest BCUT2D eigenvalue weighted by molar-refractivity contribution is 6.00. The fourth-order valence-corrected chi connectivity index (χ4v) is 6.10. The van der Waals surface area contributed by atoms with E-state index in [1.807, 2.05) is 38.1 Å². The van der Waals surface area contributed by atoms with E-state index < -0.39 is 5.82 Å². The van der Waals surface area contributed by atoms with Crippen LogP contribution >= 0.6 is 0 Å². The minimum atomic E-state index is -0.400. The fourth-order valence-electron chi connectivity index (χ4n) is 6.10. The maximum Gasteiger partial charge on any atom is 0.175 e. The van der Waals surface area contributed by atoms with Gasteiger partial charge in [-0.2, -0.15) is 5.10 Å². The van der Waals surface area contributed by atoms with Crippen LogP contribution in [0.5, 0.6) is 0 Å². The third-order valence-corrected chi connectivity index (χ3v) is 8.77. The van der Waals surface area contributed by atoms with Gasteiger partial charge in [-0.1, -0.05) is 86.2 Å². The van der Waals surface area contributed by atoms with Crippen molar-refractivity contribution < 1.29 is 14.0 Å². The summed E-state index contributed by atoms with van der Waals surface area (Å²) in [6.45, 7) is 9.88. The van der Waals surface area contributed by atoms with E-state index in [0.717, 1.165) is 48.9 Å². The number of aromatic amines is 1. The molecule has 2 aliphatic rings. The topological polar surface area (TPSA) is 101 Å². The van der Waals surface area contributed by atoms with Crippen LogP contribution in [0.2, 0.25) is 0 Å². The number of H-pyrrole nitrogens is 1. The second kappa shape index (κ2) is 16.1. The summed E-state index contributed by atoms with van der Waals surface area (Å²) in [5.41, 5.74) is 10.7. The minimum Gasteiger partial charge on any atom is -0.383 e. The van der Waals surface area contributed by atoms with Gasteiger partial charge >= 0.3 is 0 Å². The van der Waals surface area contributed by atoms with Gasteiger partial charge < -0.3 is 5.73 Å². The molecule has 0 aliphatic heterocycles. The van der Waals surface area contributed by atoms with Crippen molar-refractivity contribution in [1.29, 1.82) is 0 Å². The maximum absolute atomic E-state index is 13.7. The molecule has 1 saturated carbocycles. The van der Waals surface area contributed by atoms with Crippen molar-refractivity contribution in [2.75, 3.05) is 0 Å². The lowest BCUT2D eigenvalue weighted by atomic mass is 9.75. The molecule has 0 amide bonds. The first-order valence-electron chi connectivity index (χ1n) is 15.9. The molecule has 1 aromatic heterocycles. The van der Waals surface area contributed by atoms with Crippen LogP contribution in [-0.4, -0.2) is 27.6 Å². The van der Waals surface area contributed by atoms with Crippen LogP contribution in [0.15, 0.2) is 107 Å². The van der Waals surface area contributed by atoms with E-state index in [9.17, 15) is 14.0 Å². The highest BCUT2D eigenvalue weighted by atomic mass is 19.1. The molecule has 1 aromatic carbocycles. The van der Waals surface area contributed by atoms with E-state index in [0.29, 0.717) is 30.1 Å². The number of Topliss-reactive ketones (excluding diaryl/α,β-unsaturated/α-hetero) is 2. The van der Waals surface area contributed by atoms with E-state index in [4.69, 9.17) is 5.73 Å². The minimum absolute atomic E-state index is 0.0177. The van der Waals surface area contributed by atoms with Gasteiger partial charge in [-0.05, 0) is 69.6 Å². The Morgan fingerprint density at radius 2 is 2.04 bits per heavy atom. The van der Waals surface area contributed by atoms with Gasteiger partial charge in [0.25, 0.3) is 0 Å². The molecule has 6 nitrogen and oxygen atoms in total. The number of halogens is 1. The molecule has 0 saturated heterocycles. The van der Waals surface area contributed by atoms with Gasteiger partial charge in [-0.25, -0.2) is 9.38 Å². The second-order valence-electron chi connectivity index (χ2n) is 12.3. The molecule has 4 unspecified atom stereocenters. The van der Waals surface area contributed by atoms with Crippen LogP contribution < -0.4 is 5.73 Å². The Kier molecular flexibility index (Phi) is 12.0. The van der Waals surface area contributed by atoms with Gasteiger partial charge in [0.1, 0.15) is 17.4 Å². The Morgan fingerprint density at radius 3 is 2.78 bits per heavy atom. The molecule has 1 fully saturated rings. The van der Waals surface area contributed by atoms with Crippen molar-refractivity contribution in [1.82, 2.24) is 10.2 Å². The summed E-state index contributed by atoms with van der Waals surface area (Å²) < 4.78 is 13.7. The summed E-state index contributed by atoms with van der Waals surface area (Å²) in [6.07, 6.45) is 21.6. The van der Waals surface area contributed by atoms with E-state index in [1.165, 1.54) is 17.7 Å². The van der Waals surface area contributed by atoms with Gasteiger partial charge in [-0.15, -0.1) is 0 Å². The molecule has 236 valence electrons. The Balaban J connectivity index is 1.26. The normalized spacial score (nSPS) is 21.6. The number of nitrogens with two attached hydrogens (primary N) is 1. The Morgan fingerprint density at radius 1 is 1.22 bits per heavy atom. The summed E-state index contributed by atoms with van der Waals surface area (Å²) in [7, 11) is 0. The Labute approximate surface area is 266 Å². The maximum atomic E-state index is 13.7. The SMILES string of the molecule is C=CC(=CC=C(C)CC=CCC1C=CC=C1C(N)=Nc1cc(C)[nH]n1)C(C)C(=O)CC1CCCC(C(=O)c2cccc(F)c2)C1. The monoisotopic (exact) mass is 608 g/mol. The lowest BCUT2D eigenvalue weighted by Crippen LogP contribution is -2.26. The predicted octanol–water partition coefficient (Wildman–Crippen LogP) is 8.64. The molecule has 7 heteroatoms. The van der Waals surface area contributed by atoms with Gasteiger partial charge in [0.2, 0.25) is 0 Å². The number of nitrogens with one attached hydrogen (secondary N) is 1. The predicted molar refractivity (Wildman–Crippen MR) is 181 cm³/mol. The quantitative estimate of drug-likeness (QED) is 0.0737. The van der Waals surface area contributed by atoms with E-state index in [1.54, 1.807) is 18.2 Å². The average molecular weight is 609 g/mol. The van der Waals surface area contributed by atoms with E-state index in [-0.39, 0.29) is 35.2 Å². The number of allylic oxidation sites excluding steroid dienone is 10. The van der Waals surface area contributed by atoms with Crippen LogP contribution in [0, 0.1) is 36.4 Å². The lowest BCUT2D eigenvalue weighted by Gasteiger charge is -2.28. The first kappa shape index (κ1) is 33.5. The number of hydrogen-bond donors (Lipinski definition) is 2. The van der Waals surface area contributed by atoms with E-state index >= 15 is 0 Å². The van der Waals surface area contributed by atoms with Gasteiger partial charge in [0, 0.05) is 47.1 Å². The van der Waals surface area contributed by atoms with Crippen molar-refractivity contribution >= 4 is 23.2 Å². The molecule has 0 bridgehead atoms. The van der Waals surface area contributed by atoms with Crippen molar-refractivity contribution in [3.8, 4) is 0 Å². The summed E-state index contributed by atoms with van der Waals surface area (Å²) in [4.78, 5) is 30.7. The fraction of sp³-hybridized carbons (Fsp3) is 0.368. The number of nitrogens with zero attached hydrogens (tertiary/aromatic N) is 2. The highest BCUT2D eigenvalue weighted by Gasteiger charge is 2.30. The number of amidine groups is 1. The number of ketones is 2. The third kappa shape index (κ3) is 9.55. The van der Waals surface area contributed by atoms with Crippen LogP contribution in [-0.2, 0) is 4.79 Å². The Hall–Kier alpha value is -4.39. The van der Waals surface area contributed by atoms with Crippen molar-refractivity contribution in [2.24, 2.45) is 34.4 Å². The molecule has 2 aromatic rings. The summed E-state index contributed by atoms with van der Waals surface area (Å²) in [5.74, 6) is 0.690. The number of hydrogen-bond acceptors (Lipinski definition) is 4. The first-order chi connectivity index (χ1) is 21.6. The molecule has 3 N–H and O–H groups in total. The lowest BCUT2D eigenvalue weighted by molar-refractivity contribution is -0.122. The molecule has 0 radical (unpaired) electrons. The Bertz CT molecular complexity index is 1570. The van der Waals surface area contributed by atoms with Crippen molar-refractivity contribution in [2.45, 2.75) is 65.7 Å². The zero-order chi connectivity index (χ0) is 32.3. The smallest absolute Gasteiger partial charge is 0.175 e. The molecular formula is C38H45FN4O2. The van der Waals surface area contributed by atoms with Gasteiger partial charge in [-0.3, -0.25) is 14.7 Å². The molecule has 45 heavy (non-hydrogen) atoms. The van der Waals surface area contributed by atoms with Crippen molar-refractivity contribution in [3.05, 3.63) is 119 Å². The number of carbonyl (C=O) groups excluding carboxylic acids is 2. The van der Waals surface area contributed by atoms with Crippen LogP contribution in [0.3, 0.4) is 0 Å². The zero-order valence-corrected chi connectivity index (χ0v) is 26.6. The molecule has 2 aliphatic carbocycles. The third-order valence-electron chi connectivity index (χ3n) is 8.77. The first-order valence-corrected chi connectivity index (χ1v) is 15.9. The number of benzene rings is 1. The summed E-state index contributed by atoms with van der Waals surface area (Å²) >= 11 is 0. The molecule has 4 rings (SSSR count).